The Bertz CT molecular complexity index is 190. The van der Waals surface area contributed by atoms with E-state index in [1.165, 1.54) is 38.8 Å². The van der Waals surface area contributed by atoms with Crippen molar-refractivity contribution in [2.75, 3.05) is 19.2 Å². The van der Waals surface area contributed by atoms with E-state index in [1.54, 1.807) is 0 Å². The minimum absolute atomic E-state index is 0.0397. The van der Waals surface area contributed by atoms with Crippen LogP contribution in [0.1, 0.15) is 47.8 Å². The van der Waals surface area contributed by atoms with E-state index in [9.17, 15) is 0 Å². The molecule has 1 fully saturated rings. The molecule has 1 saturated heterocycles. The molecule has 0 aromatic rings. The largest absolute Gasteiger partial charge is 0.300 e. The summed E-state index contributed by atoms with van der Waals surface area (Å²) in [4.78, 5) is 2.56. The highest BCUT2D eigenvalue weighted by molar-refractivity contribution is 7.16. The molecule has 1 heterocycles. The van der Waals surface area contributed by atoms with Crippen LogP contribution in [0, 0.1) is 11.8 Å². The predicted molar refractivity (Wildman–Crippen MR) is 72.4 cm³/mol. The standard InChI is InChI=1S/C13H28NP/c1-4-11(2)12(3)13(10-15)14-8-6-5-7-9-14/h11-13H,4-10,15H2,1-3H3/i10T. The van der Waals surface area contributed by atoms with Crippen LogP contribution >= 0.6 is 9.24 Å². The third-order valence-electron chi connectivity index (χ3n) is 4.09. The predicted octanol–water partition coefficient (Wildman–Crippen LogP) is 3.40. The summed E-state index contributed by atoms with van der Waals surface area (Å²) in [7, 11) is 2.70. The number of rotatable bonds is 5. The molecule has 1 aliphatic rings. The van der Waals surface area contributed by atoms with Crippen LogP contribution in [-0.4, -0.2) is 30.2 Å². The van der Waals surface area contributed by atoms with E-state index in [2.05, 4.69) is 34.9 Å². The number of piperidine rings is 1. The van der Waals surface area contributed by atoms with Crippen molar-refractivity contribution in [3.8, 4) is 0 Å². The van der Waals surface area contributed by atoms with Crippen LogP contribution in [0.15, 0.2) is 0 Å². The quantitative estimate of drug-likeness (QED) is 0.655. The summed E-state index contributed by atoms with van der Waals surface area (Å²) in [5, 5.41) is 0. The lowest BCUT2D eigenvalue weighted by Gasteiger charge is -2.39. The van der Waals surface area contributed by atoms with Crippen molar-refractivity contribution in [3.05, 3.63) is 0 Å². The fourth-order valence-electron chi connectivity index (χ4n) is 2.55. The average Bonchev–Trinajstić information content (AvgIpc) is 2.29. The molecule has 0 spiro atoms. The molecule has 0 bridgehead atoms. The summed E-state index contributed by atoms with van der Waals surface area (Å²) in [6.45, 7) is 9.33. The van der Waals surface area contributed by atoms with Gasteiger partial charge in [-0.25, -0.2) is 0 Å². The van der Waals surface area contributed by atoms with Crippen LogP contribution in [0.4, 0.5) is 0 Å². The van der Waals surface area contributed by atoms with Crippen LogP contribution in [0.25, 0.3) is 0 Å². The molecule has 0 radical (unpaired) electrons. The maximum atomic E-state index is 8.09. The molecular formula is C13H28NP. The lowest BCUT2D eigenvalue weighted by atomic mass is 9.86. The highest BCUT2D eigenvalue weighted by atomic mass is 31.0. The van der Waals surface area contributed by atoms with Crippen molar-refractivity contribution in [2.45, 2.75) is 52.5 Å². The number of hydrogen-bond acceptors (Lipinski definition) is 1. The molecule has 1 aliphatic heterocycles. The van der Waals surface area contributed by atoms with Gasteiger partial charge in [-0.1, -0.05) is 33.6 Å². The van der Waals surface area contributed by atoms with Crippen molar-refractivity contribution in [1.29, 1.82) is 0 Å². The van der Waals surface area contributed by atoms with Gasteiger partial charge in [-0.05, 0) is 43.9 Å². The van der Waals surface area contributed by atoms with E-state index in [1.807, 2.05) is 0 Å². The van der Waals surface area contributed by atoms with Gasteiger partial charge in [0.2, 0.25) is 0 Å². The van der Waals surface area contributed by atoms with Crippen LogP contribution in [0.2, 0.25) is 0 Å². The number of hydrogen-bond donors (Lipinski definition) is 0. The van der Waals surface area contributed by atoms with E-state index in [0.29, 0.717) is 12.0 Å². The molecule has 0 aromatic carbocycles. The van der Waals surface area contributed by atoms with Crippen molar-refractivity contribution in [1.82, 2.24) is 4.90 Å². The summed E-state index contributed by atoms with van der Waals surface area (Å²) in [6, 6.07) is 0.431. The van der Waals surface area contributed by atoms with E-state index in [-0.39, 0.29) is 6.14 Å². The Morgan fingerprint density at radius 3 is 2.33 bits per heavy atom. The normalized spacial score (nSPS) is 27.9. The molecule has 0 amide bonds. The van der Waals surface area contributed by atoms with Gasteiger partial charge in [0.05, 0.1) is 0 Å². The third kappa shape index (κ3) is 3.71. The zero-order chi connectivity index (χ0) is 12.1. The smallest absolute Gasteiger partial charge is 0.0327 e. The Balaban J connectivity index is 2.65. The van der Waals surface area contributed by atoms with Crippen molar-refractivity contribution >= 4 is 9.24 Å². The molecule has 1 rings (SSSR count). The molecule has 0 aromatic heterocycles. The summed E-state index contributed by atoms with van der Waals surface area (Å²) in [5.41, 5.74) is 0. The third-order valence-corrected chi connectivity index (χ3v) is 4.48. The minimum atomic E-state index is -0.0397. The summed E-state index contributed by atoms with van der Waals surface area (Å²) < 4.78 is 8.09. The zero-order valence-electron chi connectivity index (χ0n) is 11.6. The van der Waals surface area contributed by atoms with Gasteiger partial charge < -0.3 is 0 Å². The lowest BCUT2D eigenvalue weighted by molar-refractivity contribution is 0.113. The zero-order valence-corrected chi connectivity index (χ0v) is 11.7. The Kier molecular flexibility index (Phi) is 5.43. The average molecular weight is 231 g/mol. The van der Waals surface area contributed by atoms with Gasteiger partial charge in [0.25, 0.3) is 0 Å². The second kappa shape index (κ2) is 6.86. The second-order valence-electron chi connectivity index (χ2n) is 5.02. The summed E-state index contributed by atoms with van der Waals surface area (Å²) in [5.74, 6) is 1.35. The van der Waals surface area contributed by atoms with Gasteiger partial charge in [0.1, 0.15) is 0 Å². The molecule has 5 atom stereocenters. The maximum absolute atomic E-state index is 8.09. The Morgan fingerprint density at radius 2 is 1.87 bits per heavy atom. The van der Waals surface area contributed by atoms with Gasteiger partial charge >= 0.3 is 0 Å². The Hall–Kier alpha value is 0.390. The van der Waals surface area contributed by atoms with Crippen LogP contribution in [-0.2, 0) is 0 Å². The first-order chi connectivity index (χ1) is 7.57. The lowest BCUT2D eigenvalue weighted by Crippen LogP contribution is -2.45. The van der Waals surface area contributed by atoms with Crippen LogP contribution < -0.4 is 0 Å². The molecule has 0 N–H and O–H groups in total. The summed E-state index contributed by atoms with van der Waals surface area (Å²) >= 11 is 0. The highest BCUT2D eigenvalue weighted by Crippen LogP contribution is 2.26. The minimum Gasteiger partial charge on any atom is -0.300 e. The molecule has 90 valence electrons. The molecular weight excluding hydrogens is 201 g/mol. The highest BCUT2D eigenvalue weighted by Gasteiger charge is 2.26. The van der Waals surface area contributed by atoms with Crippen LogP contribution in [0.3, 0.4) is 0 Å². The Labute approximate surface area is 99.6 Å². The molecule has 5 unspecified atom stereocenters. The van der Waals surface area contributed by atoms with E-state index in [4.69, 9.17) is 1.37 Å². The number of likely N-dealkylation sites (tertiary alicyclic amines) is 1. The van der Waals surface area contributed by atoms with Gasteiger partial charge in [-0.3, -0.25) is 4.90 Å². The molecule has 1 nitrogen and oxygen atoms in total. The van der Waals surface area contributed by atoms with Crippen molar-refractivity contribution in [2.24, 2.45) is 11.8 Å². The first-order valence-corrected chi connectivity index (χ1v) is 7.16. The van der Waals surface area contributed by atoms with E-state index >= 15 is 0 Å². The van der Waals surface area contributed by atoms with Gasteiger partial charge in [0, 0.05) is 7.41 Å². The maximum Gasteiger partial charge on any atom is 0.0327 e. The molecule has 15 heavy (non-hydrogen) atoms. The van der Waals surface area contributed by atoms with Crippen molar-refractivity contribution < 1.29 is 1.37 Å². The second-order valence-corrected chi connectivity index (χ2v) is 5.41. The van der Waals surface area contributed by atoms with Crippen molar-refractivity contribution in [3.63, 3.8) is 0 Å². The van der Waals surface area contributed by atoms with Gasteiger partial charge in [-0.2, -0.15) is 0 Å². The van der Waals surface area contributed by atoms with Crippen LogP contribution in [0.5, 0.6) is 0 Å². The fourth-order valence-corrected chi connectivity index (χ4v) is 3.15. The SMILES string of the molecule is [3H]C(P)C(C(C)C(C)CC)N1CCCCC1. The van der Waals surface area contributed by atoms with Gasteiger partial charge in [0.15, 0.2) is 0 Å². The Morgan fingerprint density at radius 1 is 1.27 bits per heavy atom. The van der Waals surface area contributed by atoms with E-state index in [0.717, 1.165) is 5.92 Å². The molecule has 0 aliphatic carbocycles. The first kappa shape index (κ1) is 11.9. The van der Waals surface area contributed by atoms with Gasteiger partial charge in [-0.15, -0.1) is 9.24 Å². The number of nitrogens with zero attached hydrogens (tertiary/aromatic N) is 1. The molecule has 2 heteroatoms. The topological polar surface area (TPSA) is 3.24 Å². The monoisotopic (exact) mass is 231 g/mol. The summed E-state index contributed by atoms with van der Waals surface area (Å²) in [6.07, 6.45) is 5.20. The van der Waals surface area contributed by atoms with E-state index < -0.39 is 0 Å². The fraction of sp³-hybridized carbons (Fsp3) is 1.00. The molecule has 0 saturated carbocycles. The first-order valence-electron chi connectivity index (χ1n) is 7.07.